The number of rotatable bonds is 7. The van der Waals surface area contributed by atoms with Gasteiger partial charge in [-0.05, 0) is 5.92 Å². The SMILES string of the molecule is CCC(C)C(O)CNCc1cnc(-c2ccccc2)s1. The summed E-state index contributed by atoms with van der Waals surface area (Å²) >= 11 is 1.70. The lowest BCUT2D eigenvalue weighted by Crippen LogP contribution is -2.30. The van der Waals surface area contributed by atoms with Crippen molar-refractivity contribution in [2.24, 2.45) is 5.92 Å². The molecule has 0 saturated heterocycles. The molecule has 1 aromatic heterocycles. The number of aromatic nitrogens is 1. The Labute approximate surface area is 124 Å². The van der Waals surface area contributed by atoms with Crippen LogP contribution in [0.2, 0.25) is 0 Å². The lowest BCUT2D eigenvalue weighted by Gasteiger charge is -2.17. The average molecular weight is 290 g/mol. The third-order valence-corrected chi connectivity index (χ3v) is 4.57. The van der Waals surface area contributed by atoms with Crippen LogP contribution in [0.3, 0.4) is 0 Å². The lowest BCUT2D eigenvalue weighted by molar-refractivity contribution is 0.113. The maximum atomic E-state index is 9.90. The van der Waals surface area contributed by atoms with Crippen LogP contribution in [0.1, 0.15) is 25.1 Å². The predicted octanol–water partition coefficient (Wildman–Crippen LogP) is 3.31. The van der Waals surface area contributed by atoms with Gasteiger partial charge in [0.1, 0.15) is 5.01 Å². The van der Waals surface area contributed by atoms with E-state index in [1.165, 1.54) is 4.88 Å². The molecule has 0 spiro atoms. The van der Waals surface area contributed by atoms with Gasteiger partial charge in [0.25, 0.3) is 0 Å². The van der Waals surface area contributed by atoms with Crippen LogP contribution in [0.4, 0.5) is 0 Å². The Balaban J connectivity index is 1.85. The molecule has 20 heavy (non-hydrogen) atoms. The van der Waals surface area contributed by atoms with Gasteiger partial charge in [-0.3, -0.25) is 0 Å². The Bertz CT molecular complexity index is 512. The predicted molar refractivity (Wildman–Crippen MR) is 84.7 cm³/mol. The van der Waals surface area contributed by atoms with Crippen molar-refractivity contribution in [3.8, 4) is 10.6 Å². The summed E-state index contributed by atoms with van der Waals surface area (Å²) < 4.78 is 0. The van der Waals surface area contributed by atoms with E-state index in [9.17, 15) is 5.11 Å². The quantitative estimate of drug-likeness (QED) is 0.822. The molecule has 0 fully saturated rings. The largest absolute Gasteiger partial charge is 0.392 e. The second kappa shape index (κ2) is 7.53. The van der Waals surface area contributed by atoms with Crippen LogP contribution in [0.5, 0.6) is 0 Å². The number of thiazole rings is 1. The molecule has 1 heterocycles. The molecule has 0 aliphatic carbocycles. The molecular formula is C16H22N2OS. The second-order valence-electron chi connectivity index (χ2n) is 5.08. The molecule has 0 radical (unpaired) electrons. The van der Waals surface area contributed by atoms with Gasteiger partial charge < -0.3 is 10.4 Å². The summed E-state index contributed by atoms with van der Waals surface area (Å²) in [4.78, 5) is 5.65. The minimum Gasteiger partial charge on any atom is -0.392 e. The number of aliphatic hydroxyl groups is 1. The minimum atomic E-state index is -0.276. The molecule has 108 valence electrons. The highest BCUT2D eigenvalue weighted by molar-refractivity contribution is 7.15. The summed E-state index contributed by atoms with van der Waals surface area (Å²) in [6, 6.07) is 10.2. The van der Waals surface area contributed by atoms with Gasteiger partial charge in [0.15, 0.2) is 0 Å². The first-order valence-electron chi connectivity index (χ1n) is 7.09. The van der Waals surface area contributed by atoms with E-state index in [1.54, 1.807) is 11.3 Å². The molecule has 0 saturated carbocycles. The maximum Gasteiger partial charge on any atom is 0.123 e. The highest BCUT2D eigenvalue weighted by Crippen LogP contribution is 2.24. The minimum absolute atomic E-state index is 0.276. The van der Waals surface area contributed by atoms with Crippen molar-refractivity contribution in [1.29, 1.82) is 0 Å². The lowest BCUT2D eigenvalue weighted by atomic mass is 10.0. The molecule has 2 atom stereocenters. The van der Waals surface area contributed by atoms with Crippen molar-refractivity contribution in [1.82, 2.24) is 10.3 Å². The molecule has 2 rings (SSSR count). The third-order valence-electron chi connectivity index (χ3n) is 3.53. The summed E-state index contributed by atoms with van der Waals surface area (Å²) in [6.45, 7) is 5.57. The monoisotopic (exact) mass is 290 g/mol. The fourth-order valence-corrected chi connectivity index (χ4v) is 2.81. The molecule has 0 amide bonds. The number of nitrogens with zero attached hydrogens (tertiary/aromatic N) is 1. The number of benzene rings is 1. The van der Waals surface area contributed by atoms with Gasteiger partial charge in [-0.15, -0.1) is 11.3 Å². The molecule has 2 aromatic rings. The summed E-state index contributed by atoms with van der Waals surface area (Å²) in [5.74, 6) is 0.337. The summed E-state index contributed by atoms with van der Waals surface area (Å²) in [7, 11) is 0. The van der Waals surface area contributed by atoms with E-state index in [2.05, 4.69) is 36.3 Å². The fourth-order valence-electron chi connectivity index (χ4n) is 1.92. The van der Waals surface area contributed by atoms with E-state index in [0.29, 0.717) is 12.5 Å². The number of aliphatic hydroxyl groups excluding tert-OH is 1. The Morgan fingerprint density at radius 1 is 1.30 bits per heavy atom. The van der Waals surface area contributed by atoms with Crippen molar-refractivity contribution in [3.05, 3.63) is 41.4 Å². The van der Waals surface area contributed by atoms with E-state index in [-0.39, 0.29) is 6.10 Å². The third kappa shape index (κ3) is 4.13. The Kier molecular flexibility index (Phi) is 5.71. The first-order chi connectivity index (χ1) is 9.70. The molecule has 4 heteroatoms. The zero-order valence-electron chi connectivity index (χ0n) is 12.0. The summed E-state index contributed by atoms with van der Waals surface area (Å²) in [6.07, 6.45) is 2.64. The highest BCUT2D eigenvalue weighted by atomic mass is 32.1. The van der Waals surface area contributed by atoms with Gasteiger partial charge in [-0.25, -0.2) is 4.98 Å². The van der Waals surface area contributed by atoms with Crippen LogP contribution < -0.4 is 5.32 Å². The molecule has 1 aromatic carbocycles. The second-order valence-corrected chi connectivity index (χ2v) is 6.20. The highest BCUT2D eigenvalue weighted by Gasteiger charge is 2.11. The molecule has 0 bridgehead atoms. The van der Waals surface area contributed by atoms with Crippen molar-refractivity contribution >= 4 is 11.3 Å². The van der Waals surface area contributed by atoms with Gasteiger partial charge in [-0.2, -0.15) is 0 Å². The standard InChI is InChI=1S/C16H22N2OS/c1-3-12(2)15(19)11-17-9-14-10-18-16(20-14)13-7-5-4-6-8-13/h4-8,10,12,15,17,19H,3,9,11H2,1-2H3. The summed E-state index contributed by atoms with van der Waals surface area (Å²) in [5, 5.41) is 14.3. The first kappa shape index (κ1) is 15.2. The van der Waals surface area contributed by atoms with Crippen LogP contribution in [-0.2, 0) is 6.54 Å². The molecule has 2 unspecified atom stereocenters. The number of hydrogen-bond acceptors (Lipinski definition) is 4. The van der Waals surface area contributed by atoms with Gasteiger partial charge in [0, 0.05) is 29.7 Å². The van der Waals surface area contributed by atoms with Crippen LogP contribution in [0.15, 0.2) is 36.5 Å². The van der Waals surface area contributed by atoms with Gasteiger partial charge in [-0.1, -0.05) is 50.6 Å². The van der Waals surface area contributed by atoms with Crippen molar-refractivity contribution in [3.63, 3.8) is 0 Å². The Morgan fingerprint density at radius 2 is 2.05 bits per heavy atom. The zero-order chi connectivity index (χ0) is 14.4. The molecule has 0 aliphatic rings. The van der Waals surface area contributed by atoms with Crippen LogP contribution in [0, 0.1) is 5.92 Å². The normalized spacial score (nSPS) is 14.2. The smallest absolute Gasteiger partial charge is 0.123 e. The molecule has 3 nitrogen and oxygen atoms in total. The number of nitrogens with one attached hydrogen (secondary N) is 1. The van der Waals surface area contributed by atoms with Crippen molar-refractivity contribution in [2.45, 2.75) is 32.9 Å². The van der Waals surface area contributed by atoms with E-state index >= 15 is 0 Å². The van der Waals surface area contributed by atoms with E-state index < -0.39 is 0 Å². The molecular weight excluding hydrogens is 268 g/mol. The van der Waals surface area contributed by atoms with Gasteiger partial charge in [0.05, 0.1) is 6.10 Å². The van der Waals surface area contributed by atoms with Crippen LogP contribution >= 0.6 is 11.3 Å². The van der Waals surface area contributed by atoms with Crippen molar-refractivity contribution in [2.75, 3.05) is 6.54 Å². The Hall–Kier alpha value is -1.23. The Morgan fingerprint density at radius 3 is 2.75 bits per heavy atom. The number of hydrogen-bond donors (Lipinski definition) is 2. The average Bonchev–Trinajstić information content (AvgIpc) is 2.96. The van der Waals surface area contributed by atoms with Crippen LogP contribution in [-0.4, -0.2) is 22.7 Å². The zero-order valence-corrected chi connectivity index (χ0v) is 12.9. The summed E-state index contributed by atoms with van der Waals surface area (Å²) in [5.41, 5.74) is 1.16. The fraction of sp³-hybridized carbons (Fsp3) is 0.438. The molecule has 2 N–H and O–H groups in total. The van der Waals surface area contributed by atoms with Crippen LogP contribution in [0.25, 0.3) is 10.6 Å². The van der Waals surface area contributed by atoms with E-state index in [0.717, 1.165) is 23.5 Å². The van der Waals surface area contributed by atoms with E-state index in [1.807, 2.05) is 24.4 Å². The van der Waals surface area contributed by atoms with E-state index in [4.69, 9.17) is 0 Å². The van der Waals surface area contributed by atoms with Gasteiger partial charge >= 0.3 is 0 Å². The van der Waals surface area contributed by atoms with Gasteiger partial charge in [0.2, 0.25) is 0 Å². The van der Waals surface area contributed by atoms with Crippen molar-refractivity contribution < 1.29 is 5.11 Å². The molecule has 0 aliphatic heterocycles. The topological polar surface area (TPSA) is 45.1 Å². The maximum absolute atomic E-state index is 9.90. The first-order valence-corrected chi connectivity index (χ1v) is 7.91.